The molecule has 5 heteroatoms. The summed E-state index contributed by atoms with van der Waals surface area (Å²) < 4.78 is 3.09. The summed E-state index contributed by atoms with van der Waals surface area (Å²) in [7, 11) is 0. The molecule has 4 rings (SSSR count). The highest BCUT2D eigenvalue weighted by Gasteiger charge is 2.26. The van der Waals surface area contributed by atoms with Crippen LogP contribution in [-0.4, -0.2) is 15.8 Å². The van der Waals surface area contributed by atoms with Crippen LogP contribution in [-0.2, 0) is 6.54 Å². The van der Waals surface area contributed by atoms with E-state index in [2.05, 4.69) is 71.5 Å². The number of nitriles is 1. The second-order valence-corrected chi connectivity index (χ2v) is 8.42. The Hall–Kier alpha value is -2.68. The molecular weight excluding hydrogens is 424 g/mol. The topological polar surface area (TPSA) is 53.6 Å². The van der Waals surface area contributed by atoms with Gasteiger partial charge in [0.2, 0.25) is 0 Å². The number of nitrogens with one attached hydrogen (secondary N) is 1. The van der Waals surface area contributed by atoms with E-state index in [0.717, 1.165) is 34.4 Å². The Labute approximate surface area is 180 Å². The third kappa shape index (κ3) is 4.19. The molecule has 0 saturated carbocycles. The number of halogens is 1. The van der Waals surface area contributed by atoms with E-state index >= 15 is 0 Å². The zero-order valence-corrected chi connectivity index (χ0v) is 18.1. The fraction of sp³-hybridized carbons (Fsp3) is 0.250. The van der Waals surface area contributed by atoms with Crippen molar-refractivity contribution in [2.24, 2.45) is 0 Å². The summed E-state index contributed by atoms with van der Waals surface area (Å²) in [5, 5.41) is 17.5. The summed E-state index contributed by atoms with van der Waals surface area (Å²) in [5.41, 5.74) is 6.50. The molecule has 2 atom stereocenters. The average Bonchev–Trinajstić information content (AvgIpc) is 3.30. The van der Waals surface area contributed by atoms with Crippen LogP contribution in [0.15, 0.2) is 65.2 Å². The van der Waals surface area contributed by atoms with Crippen molar-refractivity contribution in [3.8, 4) is 11.8 Å². The van der Waals surface area contributed by atoms with Gasteiger partial charge in [0.15, 0.2) is 0 Å². The quantitative estimate of drug-likeness (QED) is 0.539. The highest BCUT2D eigenvalue weighted by atomic mass is 79.9. The van der Waals surface area contributed by atoms with Gasteiger partial charge < -0.3 is 5.32 Å². The van der Waals surface area contributed by atoms with Crippen molar-refractivity contribution in [2.45, 2.75) is 38.8 Å². The Morgan fingerprint density at radius 3 is 2.79 bits per heavy atom. The highest BCUT2D eigenvalue weighted by molar-refractivity contribution is 9.10. The molecule has 2 aromatic carbocycles. The molecule has 0 radical (unpaired) electrons. The molecule has 1 aliphatic carbocycles. The van der Waals surface area contributed by atoms with Gasteiger partial charge in [-0.1, -0.05) is 46.3 Å². The number of hydrogen-bond acceptors (Lipinski definition) is 3. The lowest BCUT2D eigenvalue weighted by Crippen LogP contribution is -2.25. The van der Waals surface area contributed by atoms with Crippen LogP contribution in [0, 0.1) is 25.2 Å². The van der Waals surface area contributed by atoms with Gasteiger partial charge in [-0.25, -0.2) is 4.68 Å². The molecule has 3 aromatic rings. The predicted molar refractivity (Wildman–Crippen MR) is 119 cm³/mol. The number of allylic oxidation sites excluding steroid dienone is 1. The van der Waals surface area contributed by atoms with E-state index in [1.165, 1.54) is 11.3 Å². The molecular formula is C24H23BrN4. The van der Waals surface area contributed by atoms with Crippen molar-refractivity contribution >= 4 is 15.9 Å². The number of benzene rings is 2. The first-order valence-electron chi connectivity index (χ1n) is 9.78. The number of aromatic nitrogens is 2. The number of aryl methyl sites for hydroxylation is 1. The largest absolute Gasteiger partial charge is 0.306 e. The normalized spacial score (nSPS) is 18.1. The standard InChI is InChI=1S/C24H23BrN4/c1-16-24(17(2)29(28-16)23-8-4-7-21(25)13-23)20-9-10-22(12-20)27-15-19-6-3-5-18(11-19)14-26/h3-11,13,20,22,27H,12,15H2,1-2H3/t20-,22+/m0/s1. The van der Waals surface area contributed by atoms with E-state index in [4.69, 9.17) is 10.4 Å². The molecule has 0 saturated heterocycles. The van der Waals surface area contributed by atoms with Crippen molar-refractivity contribution in [3.63, 3.8) is 0 Å². The van der Waals surface area contributed by atoms with Crippen LogP contribution in [0.25, 0.3) is 5.69 Å². The minimum atomic E-state index is 0.318. The molecule has 29 heavy (non-hydrogen) atoms. The van der Waals surface area contributed by atoms with Crippen molar-refractivity contribution < 1.29 is 0 Å². The smallest absolute Gasteiger partial charge is 0.0991 e. The van der Waals surface area contributed by atoms with Gasteiger partial charge in [0.1, 0.15) is 0 Å². The van der Waals surface area contributed by atoms with Crippen molar-refractivity contribution in [1.29, 1.82) is 5.26 Å². The van der Waals surface area contributed by atoms with Gasteiger partial charge in [-0.05, 0) is 56.2 Å². The Kier molecular flexibility index (Phi) is 5.66. The molecule has 0 unspecified atom stereocenters. The summed E-state index contributed by atoms with van der Waals surface area (Å²) in [6.45, 7) is 5.00. The monoisotopic (exact) mass is 446 g/mol. The van der Waals surface area contributed by atoms with E-state index in [-0.39, 0.29) is 0 Å². The molecule has 0 bridgehead atoms. The lowest BCUT2D eigenvalue weighted by atomic mass is 9.96. The van der Waals surface area contributed by atoms with Gasteiger partial charge in [0.05, 0.1) is 23.0 Å². The fourth-order valence-corrected chi connectivity index (χ4v) is 4.50. The highest BCUT2D eigenvalue weighted by Crippen LogP contribution is 2.34. The minimum absolute atomic E-state index is 0.318. The van der Waals surface area contributed by atoms with Gasteiger partial charge in [-0.2, -0.15) is 10.4 Å². The van der Waals surface area contributed by atoms with Crippen molar-refractivity contribution in [2.75, 3.05) is 0 Å². The molecule has 0 spiro atoms. The second kappa shape index (κ2) is 8.36. The minimum Gasteiger partial charge on any atom is -0.306 e. The first-order valence-corrected chi connectivity index (χ1v) is 10.6. The van der Waals surface area contributed by atoms with Gasteiger partial charge in [-0.15, -0.1) is 0 Å². The SMILES string of the molecule is Cc1nn(-c2cccc(Br)c2)c(C)c1[C@H]1C=C[C@@H](NCc2cccc(C#N)c2)C1. The Morgan fingerprint density at radius 2 is 2.00 bits per heavy atom. The molecule has 1 aromatic heterocycles. The number of rotatable bonds is 5. The molecule has 146 valence electrons. The van der Waals surface area contributed by atoms with E-state index in [1.807, 2.05) is 35.0 Å². The fourth-order valence-electron chi connectivity index (χ4n) is 4.11. The zero-order chi connectivity index (χ0) is 20.4. The van der Waals surface area contributed by atoms with Crippen LogP contribution in [0.5, 0.6) is 0 Å². The van der Waals surface area contributed by atoms with Crippen LogP contribution in [0.3, 0.4) is 0 Å². The molecule has 4 nitrogen and oxygen atoms in total. The summed E-state index contributed by atoms with van der Waals surface area (Å²) in [4.78, 5) is 0. The molecule has 1 heterocycles. The lowest BCUT2D eigenvalue weighted by Gasteiger charge is -2.15. The van der Waals surface area contributed by atoms with Crippen LogP contribution < -0.4 is 5.32 Å². The van der Waals surface area contributed by atoms with E-state index in [9.17, 15) is 0 Å². The van der Waals surface area contributed by atoms with Crippen LogP contribution in [0.4, 0.5) is 0 Å². The molecule has 1 N–H and O–H groups in total. The third-order valence-corrected chi connectivity index (χ3v) is 5.97. The van der Waals surface area contributed by atoms with E-state index in [1.54, 1.807) is 0 Å². The number of nitrogens with zero attached hydrogens (tertiary/aromatic N) is 3. The van der Waals surface area contributed by atoms with Crippen LogP contribution >= 0.6 is 15.9 Å². The van der Waals surface area contributed by atoms with Gasteiger partial charge >= 0.3 is 0 Å². The van der Waals surface area contributed by atoms with Crippen LogP contribution in [0.1, 0.15) is 40.4 Å². The van der Waals surface area contributed by atoms with Crippen LogP contribution in [0.2, 0.25) is 0 Å². The lowest BCUT2D eigenvalue weighted by molar-refractivity contribution is 0.559. The molecule has 0 amide bonds. The molecule has 0 fully saturated rings. The van der Waals surface area contributed by atoms with Crippen molar-refractivity contribution in [1.82, 2.24) is 15.1 Å². The summed E-state index contributed by atoms with van der Waals surface area (Å²) in [6, 6.07) is 18.5. The Bertz CT molecular complexity index is 1110. The van der Waals surface area contributed by atoms with Gasteiger partial charge in [-0.3, -0.25) is 0 Å². The molecule has 0 aliphatic heterocycles. The Balaban J connectivity index is 1.47. The summed E-state index contributed by atoms with van der Waals surface area (Å²) in [5.74, 6) is 0.360. The third-order valence-electron chi connectivity index (χ3n) is 5.48. The van der Waals surface area contributed by atoms with Gasteiger partial charge in [0.25, 0.3) is 0 Å². The maximum Gasteiger partial charge on any atom is 0.0991 e. The van der Waals surface area contributed by atoms with E-state index < -0.39 is 0 Å². The first-order chi connectivity index (χ1) is 14.0. The van der Waals surface area contributed by atoms with E-state index in [0.29, 0.717) is 17.5 Å². The average molecular weight is 447 g/mol. The second-order valence-electron chi connectivity index (χ2n) is 7.50. The number of hydrogen-bond donors (Lipinski definition) is 1. The van der Waals surface area contributed by atoms with Crippen molar-refractivity contribution in [3.05, 3.63) is 93.2 Å². The first kappa shape index (κ1) is 19.6. The maximum absolute atomic E-state index is 9.06. The molecule has 1 aliphatic rings. The zero-order valence-electron chi connectivity index (χ0n) is 16.6. The summed E-state index contributed by atoms with van der Waals surface area (Å²) in [6.07, 6.45) is 5.57. The maximum atomic E-state index is 9.06. The summed E-state index contributed by atoms with van der Waals surface area (Å²) >= 11 is 3.55. The Morgan fingerprint density at radius 1 is 1.17 bits per heavy atom. The van der Waals surface area contributed by atoms with Gasteiger partial charge in [0, 0.05) is 34.2 Å². The predicted octanol–water partition coefficient (Wildman–Crippen LogP) is 5.33.